The predicted molar refractivity (Wildman–Crippen MR) is 108 cm³/mol. The van der Waals surface area contributed by atoms with Gasteiger partial charge in [0.15, 0.2) is 0 Å². The highest BCUT2D eigenvalue weighted by Crippen LogP contribution is 2.27. The Morgan fingerprint density at radius 3 is 2.31 bits per heavy atom. The Balaban J connectivity index is 0.00000145. The maximum absolute atomic E-state index is 14.2. The van der Waals surface area contributed by atoms with Gasteiger partial charge in [0.1, 0.15) is 16.6 Å². The van der Waals surface area contributed by atoms with Gasteiger partial charge in [-0.15, -0.1) is 0 Å². The zero-order valence-corrected chi connectivity index (χ0v) is 16.8. The van der Waals surface area contributed by atoms with Crippen LogP contribution in [0.5, 0.6) is 0 Å². The van der Waals surface area contributed by atoms with Crippen LogP contribution in [0.2, 0.25) is 5.15 Å². The largest absolute Gasteiger partial charge is 0.319 e. The molecule has 2 heterocycles. The number of hydrogen-bond donors (Lipinski definition) is 1. The molecule has 0 spiro atoms. The van der Waals surface area contributed by atoms with Crippen LogP contribution in [0.1, 0.15) is 29.9 Å². The summed E-state index contributed by atoms with van der Waals surface area (Å²) in [7, 11) is 0.500. The molecule has 0 aliphatic rings. The Labute approximate surface area is 171 Å². The minimum absolute atomic E-state index is 0.00306. The maximum atomic E-state index is 14.2. The summed E-state index contributed by atoms with van der Waals surface area (Å²) in [5.74, 6) is -1.15. The Morgan fingerprint density at radius 2 is 1.66 bits per heavy atom. The van der Waals surface area contributed by atoms with E-state index in [1.54, 1.807) is 18.2 Å². The molecule has 3 rings (SSSR count). The molecule has 1 N–H and O–H groups in total. The summed E-state index contributed by atoms with van der Waals surface area (Å²) in [5.41, 5.74) is 0.0102. The standard InChI is InChI=1S/C20H16ClF2N3O.CH3F/c1-20(2,23)17-10-14(6-7-24-17)19(27)26-16-9-12(3-4-15(16)22)13-5-8-25-18(21)11-13;1-2/h3-11H,1-2H3,(H,26,27);1H3. The van der Waals surface area contributed by atoms with E-state index in [0.717, 1.165) is 5.56 Å². The zero-order chi connectivity index (χ0) is 21.6. The number of rotatable bonds is 4. The Morgan fingerprint density at radius 1 is 1.00 bits per heavy atom. The first-order valence-corrected chi connectivity index (χ1v) is 8.88. The molecule has 2 aromatic heterocycles. The summed E-state index contributed by atoms with van der Waals surface area (Å²) in [6, 6.07) is 10.5. The van der Waals surface area contributed by atoms with Gasteiger partial charge in [-0.1, -0.05) is 17.7 Å². The molecule has 0 radical (unpaired) electrons. The summed E-state index contributed by atoms with van der Waals surface area (Å²) >= 11 is 5.89. The second kappa shape index (κ2) is 9.52. The van der Waals surface area contributed by atoms with Crippen molar-refractivity contribution in [3.05, 3.63) is 77.1 Å². The van der Waals surface area contributed by atoms with E-state index in [1.165, 1.54) is 50.5 Å². The molecule has 8 heteroatoms. The minimum atomic E-state index is -1.69. The lowest BCUT2D eigenvalue weighted by Gasteiger charge is -2.14. The SMILES string of the molecule is CC(C)(F)c1cc(C(=O)Nc2cc(-c3ccnc(Cl)c3)ccc2F)ccn1.CF. The molecule has 0 saturated carbocycles. The van der Waals surface area contributed by atoms with Crippen LogP contribution in [-0.4, -0.2) is 23.1 Å². The molecule has 0 atom stereocenters. The number of nitrogens with one attached hydrogen (secondary N) is 1. The number of alkyl halides is 2. The van der Waals surface area contributed by atoms with E-state index in [4.69, 9.17) is 11.6 Å². The van der Waals surface area contributed by atoms with Gasteiger partial charge in [-0.3, -0.25) is 14.2 Å². The van der Waals surface area contributed by atoms with Crippen LogP contribution in [0, 0.1) is 5.82 Å². The fourth-order valence-electron chi connectivity index (χ4n) is 2.47. The Bertz CT molecular complexity index is 1010. The maximum Gasteiger partial charge on any atom is 0.255 e. The average Bonchev–Trinajstić information content (AvgIpc) is 2.70. The third-order valence-electron chi connectivity index (χ3n) is 3.91. The van der Waals surface area contributed by atoms with Crippen molar-refractivity contribution in [2.24, 2.45) is 0 Å². The number of pyridine rings is 2. The van der Waals surface area contributed by atoms with Gasteiger partial charge in [-0.25, -0.2) is 13.8 Å². The molecule has 152 valence electrons. The molecule has 4 nitrogen and oxygen atoms in total. The van der Waals surface area contributed by atoms with E-state index in [0.29, 0.717) is 17.9 Å². The van der Waals surface area contributed by atoms with E-state index in [2.05, 4.69) is 15.3 Å². The number of halogens is 4. The second-order valence-electron chi connectivity index (χ2n) is 6.42. The monoisotopic (exact) mass is 421 g/mol. The van der Waals surface area contributed by atoms with Crippen LogP contribution >= 0.6 is 11.6 Å². The summed E-state index contributed by atoms with van der Waals surface area (Å²) in [5, 5.41) is 2.82. The quantitative estimate of drug-likeness (QED) is 0.527. The minimum Gasteiger partial charge on any atom is -0.319 e. The van der Waals surface area contributed by atoms with Crippen LogP contribution in [0.4, 0.5) is 18.9 Å². The molecule has 0 aliphatic carbocycles. The summed E-state index contributed by atoms with van der Waals surface area (Å²) in [6.07, 6.45) is 2.88. The van der Waals surface area contributed by atoms with Gasteiger partial charge in [-0.2, -0.15) is 0 Å². The molecular weight excluding hydrogens is 403 g/mol. The molecule has 0 saturated heterocycles. The fourth-order valence-corrected chi connectivity index (χ4v) is 2.65. The number of carbonyl (C=O) groups excluding carboxylic acids is 1. The summed E-state index contributed by atoms with van der Waals surface area (Å²) in [6.45, 7) is 2.69. The van der Waals surface area contributed by atoms with Crippen LogP contribution < -0.4 is 5.32 Å². The van der Waals surface area contributed by atoms with Crippen molar-refractivity contribution in [1.82, 2.24) is 9.97 Å². The number of anilines is 1. The molecule has 0 unspecified atom stereocenters. The molecule has 0 fully saturated rings. The number of aromatic nitrogens is 2. The zero-order valence-electron chi connectivity index (χ0n) is 16.0. The van der Waals surface area contributed by atoms with Crippen LogP contribution in [0.15, 0.2) is 54.9 Å². The lowest BCUT2D eigenvalue weighted by Crippen LogP contribution is -2.17. The highest BCUT2D eigenvalue weighted by molar-refractivity contribution is 6.29. The van der Waals surface area contributed by atoms with E-state index in [-0.39, 0.29) is 16.9 Å². The van der Waals surface area contributed by atoms with E-state index in [9.17, 15) is 18.0 Å². The average molecular weight is 422 g/mol. The van der Waals surface area contributed by atoms with Crippen molar-refractivity contribution in [3.63, 3.8) is 0 Å². The first-order valence-electron chi connectivity index (χ1n) is 8.50. The molecule has 1 amide bonds. The number of benzene rings is 1. The highest BCUT2D eigenvalue weighted by atomic mass is 35.5. The number of amides is 1. The van der Waals surface area contributed by atoms with E-state index in [1.807, 2.05) is 0 Å². The van der Waals surface area contributed by atoms with Gasteiger partial charge < -0.3 is 5.32 Å². The smallest absolute Gasteiger partial charge is 0.255 e. The summed E-state index contributed by atoms with van der Waals surface area (Å²) < 4.78 is 37.7. The third-order valence-corrected chi connectivity index (χ3v) is 4.11. The van der Waals surface area contributed by atoms with Gasteiger partial charge in [0.05, 0.1) is 18.6 Å². The van der Waals surface area contributed by atoms with Crippen LogP contribution in [-0.2, 0) is 5.67 Å². The molecule has 0 bridgehead atoms. The second-order valence-corrected chi connectivity index (χ2v) is 6.81. The Hall–Kier alpha value is -2.93. The van der Waals surface area contributed by atoms with E-state index < -0.39 is 17.4 Å². The predicted octanol–water partition coefficient (Wildman–Crippen LogP) is 5.98. The molecule has 29 heavy (non-hydrogen) atoms. The Kier molecular flexibility index (Phi) is 7.34. The van der Waals surface area contributed by atoms with Gasteiger partial charge in [-0.05, 0) is 61.4 Å². The van der Waals surface area contributed by atoms with Crippen molar-refractivity contribution in [2.45, 2.75) is 19.5 Å². The lowest BCUT2D eigenvalue weighted by atomic mass is 10.0. The topological polar surface area (TPSA) is 54.9 Å². The van der Waals surface area contributed by atoms with E-state index >= 15 is 0 Å². The normalized spacial score (nSPS) is 10.7. The molecule has 1 aromatic carbocycles. The number of carbonyl (C=O) groups is 1. The van der Waals surface area contributed by atoms with Crippen LogP contribution in [0.3, 0.4) is 0 Å². The number of hydrogen-bond acceptors (Lipinski definition) is 3. The number of nitrogens with zero attached hydrogens (tertiary/aromatic N) is 2. The molecular formula is C21H19ClF3N3O. The summed E-state index contributed by atoms with van der Waals surface area (Å²) in [4.78, 5) is 20.3. The highest BCUT2D eigenvalue weighted by Gasteiger charge is 2.22. The molecule has 0 aliphatic heterocycles. The first-order chi connectivity index (χ1) is 13.7. The van der Waals surface area contributed by atoms with Crippen LogP contribution in [0.25, 0.3) is 11.1 Å². The van der Waals surface area contributed by atoms with Crippen molar-refractivity contribution in [2.75, 3.05) is 12.5 Å². The van der Waals surface area contributed by atoms with Gasteiger partial charge >= 0.3 is 0 Å². The third kappa shape index (κ3) is 5.77. The van der Waals surface area contributed by atoms with Gasteiger partial charge in [0.25, 0.3) is 5.91 Å². The van der Waals surface area contributed by atoms with Gasteiger partial charge in [0.2, 0.25) is 0 Å². The van der Waals surface area contributed by atoms with Crippen molar-refractivity contribution < 1.29 is 18.0 Å². The van der Waals surface area contributed by atoms with Gasteiger partial charge in [0, 0.05) is 18.0 Å². The fraction of sp³-hybridized carbons (Fsp3) is 0.190. The van der Waals surface area contributed by atoms with Crippen molar-refractivity contribution in [3.8, 4) is 11.1 Å². The van der Waals surface area contributed by atoms with Crippen molar-refractivity contribution in [1.29, 1.82) is 0 Å². The first kappa shape index (κ1) is 22.4. The molecule has 3 aromatic rings. The lowest BCUT2D eigenvalue weighted by molar-refractivity contribution is 0.102. The van der Waals surface area contributed by atoms with Crippen molar-refractivity contribution >= 4 is 23.2 Å².